The number of ether oxygens (including phenoxy) is 1. The van der Waals surface area contributed by atoms with Crippen molar-refractivity contribution in [2.24, 2.45) is 5.92 Å². The monoisotopic (exact) mass is 248 g/mol. The van der Waals surface area contributed by atoms with Gasteiger partial charge in [0, 0.05) is 5.33 Å². The molecule has 1 aliphatic heterocycles. The van der Waals surface area contributed by atoms with Crippen molar-refractivity contribution in [1.82, 2.24) is 0 Å². The molecule has 1 nitrogen and oxygen atoms in total. The second kappa shape index (κ2) is 4.79. The summed E-state index contributed by atoms with van der Waals surface area (Å²) in [6.07, 6.45) is 5.52. The van der Waals surface area contributed by atoms with E-state index in [2.05, 4.69) is 36.7 Å². The van der Waals surface area contributed by atoms with Crippen LogP contribution in [0.5, 0.6) is 0 Å². The van der Waals surface area contributed by atoms with Crippen LogP contribution in [0.2, 0.25) is 0 Å². The van der Waals surface area contributed by atoms with Crippen LogP contribution in [0.15, 0.2) is 0 Å². The summed E-state index contributed by atoms with van der Waals surface area (Å²) in [5.74, 6) is 0.785. The lowest BCUT2D eigenvalue weighted by molar-refractivity contribution is -0.0199. The van der Waals surface area contributed by atoms with E-state index in [-0.39, 0.29) is 5.60 Å². The van der Waals surface area contributed by atoms with Crippen molar-refractivity contribution in [2.45, 2.75) is 58.2 Å². The van der Waals surface area contributed by atoms with Crippen LogP contribution in [0.4, 0.5) is 0 Å². The Hall–Kier alpha value is 0.440. The van der Waals surface area contributed by atoms with Crippen LogP contribution in [-0.4, -0.2) is 17.0 Å². The van der Waals surface area contributed by atoms with Crippen LogP contribution in [0, 0.1) is 5.92 Å². The highest BCUT2D eigenvalue weighted by atomic mass is 79.9. The van der Waals surface area contributed by atoms with Gasteiger partial charge in [0.1, 0.15) is 0 Å². The second-order valence-corrected chi connectivity index (χ2v) is 5.52. The van der Waals surface area contributed by atoms with Gasteiger partial charge in [0.2, 0.25) is 0 Å². The third-order valence-corrected chi connectivity index (χ3v) is 3.90. The molecule has 1 saturated heterocycles. The van der Waals surface area contributed by atoms with Crippen molar-refractivity contribution in [3.05, 3.63) is 0 Å². The first-order valence-electron chi connectivity index (χ1n) is 5.27. The SMILES string of the molecule is CC(CBr)CCC1CCC(C)(C)O1. The van der Waals surface area contributed by atoms with Crippen LogP contribution in [0.1, 0.15) is 46.5 Å². The number of hydrogen-bond acceptors (Lipinski definition) is 1. The molecule has 0 aromatic heterocycles. The van der Waals surface area contributed by atoms with Crippen LogP contribution in [-0.2, 0) is 4.74 Å². The maximum atomic E-state index is 5.93. The first-order valence-corrected chi connectivity index (χ1v) is 6.39. The molecule has 0 bridgehead atoms. The molecule has 1 fully saturated rings. The number of rotatable bonds is 4. The highest BCUT2D eigenvalue weighted by Gasteiger charge is 2.31. The molecule has 0 spiro atoms. The van der Waals surface area contributed by atoms with Crippen LogP contribution >= 0.6 is 15.9 Å². The minimum Gasteiger partial charge on any atom is -0.372 e. The summed E-state index contributed by atoms with van der Waals surface area (Å²) >= 11 is 3.51. The summed E-state index contributed by atoms with van der Waals surface area (Å²) in [4.78, 5) is 0. The molecule has 0 aromatic carbocycles. The van der Waals surface area contributed by atoms with E-state index in [0.717, 1.165) is 11.2 Å². The lowest BCUT2D eigenvalue weighted by Gasteiger charge is -2.19. The molecule has 0 N–H and O–H groups in total. The van der Waals surface area contributed by atoms with Crippen molar-refractivity contribution < 1.29 is 4.74 Å². The van der Waals surface area contributed by atoms with E-state index in [4.69, 9.17) is 4.74 Å². The average Bonchev–Trinajstić information content (AvgIpc) is 2.41. The van der Waals surface area contributed by atoms with Crippen molar-refractivity contribution in [3.8, 4) is 0 Å². The van der Waals surface area contributed by atoms with Gasteiger partial charge in [-0.2, -0.15) is 0 Å². The van der Waals surface area contributed by atoms with Gasteiger partial charge in [-0.3, -0.25) is 0 Å². The van der Waals surface area contributed by atoms with Gasteiger partial charge in [-0.05, 0) is 45.4 Å². The fraction of sp³-hybridized carbons (Fsp3) is 1.00. The lowest BCUT2D eigenvalue weighted by atomic mass is 10.0. The number of alkyl halides is 1. The zero-order valence-electron chi connectivity index (χ0n) is 8.98. The molecule has 2 heteroatoms. The standard InChI is InChI=1S/C11H21BrO/c1-9(8-12)4-5-10-6-7-11(2,3)13-10/h9-10H,4-8H2,1-3H3. The zero-order chi connectivity index (χ0) is 9.90. The lowest BCUT2D eigenvalue weighted by Crippen LogP contribution is -2.20. The molecule has 1 heterocycles. The van der Waals surface area contributed by atoms with Gasteiger partial charge in [0.25, 0.3) is 0 Å². The van der Waals surface area contributed by atoms with Crippen LogP contribution < -0.4 is 0 Å². The third-order valence-electron chi connectivity index (χ3n) is 2.80. The normalized spacial score (nSPS) is 29.1. The highest BCUT2D eigenvalue weighted by Crippen LogP contribution is 2.32. The Morgan fingerprint density at radius 3 is 2.69 bits per heavy atom. The summed E-state index contributed by atoms with van der Waals surface area (Å²) in [5.41, 5.74) is 0.141. The maximum absolute atomic E-state index is 5.93. The number of halogens is 1. The van der Waals surface area contributed by atoms with Crippen molar-refractivity contribution in [2.75, 3.05) is 5.33 Å². The molecule has 0 aliphatic carbocycles. The van der Waals surface area contributed by atoms with E-state index in [1.165, 1.54) is 25.7 Å². The van der Waals surface area contributed by atoms with Gasteiger partial charge in [0.05, 0.1) is 11.7 Å². The molecular weight excluding hydrogens is 228 g/mol. The minimum atomic E-state index is 0.141. The predicted molar refractivity (Wildman–Crippen MR) is 60.4 cm³/mol. The minimum absolute atomic E-state index is 0.141. The molecule has 0 radical (unpaired) electrons. The van der Waals surface area contributed by atoms with Gasteiger partial charge in [-0.1, -0.05) is 22.9 Å². The Labute approximate surface area is 90.4 Å². The van der Waals surface area contributed by atoms with Gasteiger partial charge in [-0.15, -0.1) is 0 Å². The van der Waals surface area contributed by atoms with Crippen LogP contribution in [0.3, 0.4) is 0 Å². The first-order chi connectivity index (χ1) is 6.03. The van der Waals surface area contributed by atoms with Gasteiger partial charge < -0.3 is 4.74 Å². The number of hydrogen-bond donors (Lipinski definition) is 0. The molecule has 78 valence electrons. The molecule has 13 heavy (non-hydrogen) atoms. The van der Waals surface area contributed by atoms with Gasteiger partial charge in [-0.25, -0.2) is 0 Å². The maximum Gasteiger partial charge on any atom is 0.0631 e. The molecule has 2 unspecified atom stereocenters. The Morgan fingerprint density at radius 2 is 2.23 bits per heavy atom. The van der Waals surface area contributed by atoms with Gasteiger partial charge in [0.15, 0.2) is 0 Å². The average molecular weight is 249 g/mol. The van der Waals surface area contributed by atoms with Gasteiger partial charge >= 0.3 is 0 Å². The largest absolute Gasteiger partial charge is 0.372 e. The molecular formula is C11H21BrO. The second-order valence-electron chi connectivity index (χ2n) is 4.88. The molecule has 0 saturated carbocycles. The molecule has 1 rings (SSSR count). The first kappa shape index (κ1) is 11.5. The highest BCUT2D eigenvalue weighted by molar-refractivity contribution is 9.09. The summed E-state index contributed by atoms with van der Waals surface area (Å²) in [7, 11) is 0. The van der Waals surface area contributed by atoms with E-state index in [1.807, 2.05) is 0 Å². The van der Waals surface area contributed by atoms with Crippen LogP contribution in [0.25, 0.3) is 0 Å². The predicted octanol–water partition coefficient (Wildman–Crippen LogP) is 3.76. The van der Waals surface area contributed by atoms with Crippen molar-refractivity contribution in [1.29, 1.82) is 0 Å². The van der Waals surface area contributed by atoms with Crippen molar-refractivity contribution >= 4 is 15.9 Å². The topological polar surface area (TPSA) is 9.23 Å². The molecule has 2 atom stereocenters. The third kappa shape index (κ3) is 3.99. The molecule has 0 amide bonds. The van der Waals surface area contributed by atoms with E-state index in [0.29, 0.717) is 6.10 Å². The van der Waals surface area contributed by atoms with E-state index >= 15 is 0 Å². The fourth-order valence-corrected chi connectivity index (χ4v) is 2.15. The zero-order valence-corrected chi connectivity index (χ0v) is 10.6. The Kier molecular flexibility index (Phi) is 4.24. The Balaban J connectivity index is 2.17. The Bertz CT molecular complexity index is 156. The Morgan fingerprint density at radius 1 is 1.54 bits per heavy atom. The summed E-state index contributed by atoms with van der Waals surface area (Å²) in [6, 6.07) is 0. The summed E-state index contributed by atoms with van der Waals surface area (Å²) < 4.78 is 5.93. The summed E-state index contributed by atoms with van der Waals surface area (Å²) in [6.45, 7) is 6.68. The van der Waals surface area contributed by atoms with E-state index in [9.17, 15) is 0 Å². The smallest absolute Gasteiger partial charge is 0.0631 e. The fourth-order valence-electron chi connectivity index (χ4n) is 1.83. The molecule has 0 aromatic rings. The van der Waals surface area contributed by atoms with Crippen molar-refractivity contribution in [3.63, 3.8) is 0 Å². The molecule has 1 aliphatic rings. The quantitative estimate of drug-likeness (QED) is 0.689. The summed E-state index contributed by atoms with van der Waals surface area (Å²) in [5, 5.41) is 1.11. The van der Waals surface area contributed by atoms with E-state index < -0.39 is 0 Å². The van der Waals surface area contributed by atoms with E-state index in [1.54, 1.807) is 0 Å².